The summed E-state index contributed by atoms with van der Waals surface area (Å²) >= 11 is 5.83. The second-order valence-corrected chi connectivity index (χ2v) is 4.41. The monoisotopic (exact) mass is 242 g/mol. The van der Waals surface area contributed by atoms with Gasteiger partial charge in [-0.05, 0) is 18.8 Å². The van der Waals surface area contributed by atoms with Crippen LogP contribution in [0.15, 0.2) is 6.07 Å². The number of halogens is 1. The summed E-state index contributed by atoms with van der Waals surface area (Å²) in [5.74, 6) is 1.51. The summed E-state index contributed by atoms with van der Waals surface area (Å²) < 4.78 is 0. The van der Waals surface area contributed by atoms with Gasteiger partial charge in [0.2, 0.25) is 5.95 Å². The molecule has 3 N–H and O–H groups in total. The zero-order chi connectivity index (χ0) is 11.5. The number of nitrogens with zero attached hydrogens (tertiary/aromatic N) is 3. The second-order valence-electron chi connectivity index (χ2n) is 4.02. The molecule has 6 heteroatoms. The van der Waals surface area contributed by atoms with E-state index in [-0.39, 0.29) is 12.6 Å². The molecule has 16 heavy (non-hydrogen) atoms. The van der Waals surface area contributed by atoms with Gasteiger partial charge in [-0.1, -0.05) is 11.6 Å². The van der Waals surface area contributed by atoms with Crippen LogP contribution in [0.3, 0.4) is 0 Å². The van der Waals surface area contributed by atoms with Gasteiger partial charge in [-0.15, -0.1) is 0 Å². The van der Waals surface area contributed by atoms with E-state index in [1.54, 1.807) is 6.07 Å². The maximum absolute atomic E-state index is 8.89. The van der Waals surface area contributed by atoms with Crippen molar-refractivity contribution in [2.24, 2.45) is 5.92 Å². The number of aliphatic hydroxyl groups excluding tert-OH is 1. The van der Waals surface area contributed by atoms with E-state index in [2.05, 4.69) is 14.9 Å². The number of nitrogen functional groups attached to an aromatic ring is 1. The molecular formula is C10H15ClN4O. The summed E-state index contributed by atoms with van der Waals surface area (Å²) in [6, 6.07) is 1.72. The van der Waals surface area contributed by atoms with Crippen LogP contribution in [0.5, 0.6) is 0 Å². The summed E-state index contributed by atoms with van der Waals surface area (Å²) in [7, 11) is 0. The van der Waals surface area contributed by atoms with Crippen LogP contribution in [0.2, 0.25) is 5.15 Å². The van der Waals surface area contributed by atoms with E-state index < -0.39 is 0 Å². The van der Waals surface area contributed by atoms with Gasteiger partial charge in [0.1, 0.15) is 11.0 Å². The van der Waals surface area contributed by atoms with Crippen LogP contribution in [-0.2, 0) is 0 Å². The SMILES string of the molecule is Nc1nc(Cl)cc(N2CCC(CCO)C2)n1. The third kappa shape index (κ3) is 2.54. The topological polar surface area (TPSA) is 75.3 Å². The summed E-state index contributed by atoms with van der Waals surface area (Å²) in [5, 5.41) is 9.26. The molecule has 1 fully saturated rings. The first kappa shape index (κ1) is 11.4. The summed E-state index contributed by atoms with van der Waals surface area (Å²) in [6.45, 7) is 2.07. The third-order valence-corrected chi connectivity index (χ3v) is 3.04. The molecule has 1 atom stereocenters. The van der Waals surface area contributed by atoms with Gasteiger partial charge in [0.25, 0.3) is 0 Å². The fourth-order valence-electron chi connectivity index (χ4n) is 2.04. The molecule has 1 aromatic heterocycles. The Bertz CT molecular complexity index is 354. The van der Waals surface area contributed by atoms with E-state index in [4.69, 9.17) is 22.4 Å². The third-order valence-electron chi connectivity index (χ3n) is 2.85. The number of hydrogen-bond acceptors (Lipinski definition) is 5. The second kappa shape index (κ2) is 4.84. The lowest BCUT2D eigenvalue weighted by Gasteiger charge is -2.17. The highest BCUT2D eigenvalue weighted by molar-refractivity contribution is 6.29. The maximum atomic E-state index is 8.89. The lowest BCUT2D eigenvalue weighted by atomic mass is 10.1. The fourth-order valence-corrected chi connectivity index (χ4v) is 2.23. The average Bonchev–Trinajstić information content (AvgIpc) is 2.65. The Hall–Kier alpha value is -1.07. The molecule has 88 valence electrons. The lowest BCUT2D eigenvalue weighted by Crippen LogP contribution is -2.21. The molecule has 0 saturated carbocycles. The molecule has 2 heterocycles. The Balaban J connectivity index is 2.08. The van der Waals surface area contributed by atoms with Crippen molar-refractivity contribution >= 4 is 23.4 Å². The zero-order valence-corrected chi connectivity index (χ0v) is 9.69. The molecule has 1 unspecified atom stereocenters. The Labute approximate surface area is 99.3 Å². The van der Waals surface area contributed by atoms with Gasteiger partial charge in [0.05, 0.1) is 0 Å². The smallest absolute Gasteiger partial charge is 0.223 e. The largest absolute Gasteiger partial charge is 0.396 e. The van der Waals surface area contributed by atoms with Crippen LogP contribution in [0.1, 0.15) is 12.8 Å². The molecule has 0 aromatic carbocycles. The molecule has 1 saturated heterocycles. The van der Waals surface area contributed by atoms with Crippen molar-refractivity contribution < 1.29 is 5.11 Å². The minimum absolute atomic E-state index is 0.202. The maximum Gasteiger partial charge on any atom is 0.223 e. The highest BCUT2D eigenvalue weighted by Gasteiger charge is 2.23. The highest BCUT2D eigenvalue weighted by Crippen LogP contribution is 2.25. The minimum atomic E-state index is 0.202. The van der Waals surface area contributed by atoms with Crippen molar-refractivity contribution in [2.45, 2.75) is 12.8 Å². The number of hydrogen-bond donors (Lipinski definition) is 2. The van der Waals surface area contributed by atoms with Crippen LogP contribution in [0, 0.1) is 5.92 Å². The summed E-state index contributed by atoms with van der Waals surface area (Å²) in [6.07, 6.45) is 1.91. The zero-order valence-electron chi connectivity index (χ0n) is 8.93. The standard InChI is InChI=1S/C10H15ClN4O/c11-8-5-9(14-10(12)13-8)15-3-1-7(6-15)2-4-16/h5,7,16H,1-4,6H2,(H2,12,13,14). The molecular weight excluding hydrogens is 228 g/mol. The van der Waals surface area contributed by atoms with Crippen molar-refractivity contribution in [3.05, 3.63) is 11.2 Å². The minimum Gasteiger partial charge on any atom is -0.396 e. The molecule has 1 aliphatic rings. The van der Waals surface area contributed by atoms with E-state index in [0.717, 1.165) is 31.7 Å². The quantitative estimate of drug-likeness (QED) is 0.771. The van der Waals surface area contributed by atoms with Crippen LogP contribution in [0.25, 0.3) is 0 Å². The van der Waals surface area contributed by atoms with Crippen LogP contribution < -0.4 is 10.6 Å². The van der Waals surface area contributed by atoms with Gasteiger partial charge in [0, 0.05) is 25.8 Å². The Morgan fingerprint density at radius 2 is 2.38 bits per heavy atom. The number of anilines is 2. The van der Waals surface area contributed by atoms with Gasteiger partial charge < -0.3 is 15.7 Å². The van der Waals surface area contributed by atoms with Crippen LogP contribution in [-0.4, -0.2) is 34.8 Å². The predicted octanol–water partition coefficient (Wildman–Crippen LogP) is 0.921. The lowest BCUT2D eigenvalue weighted by molar-refractivity contribution is 0.263. The van der Waals surface area contributed by atoms with Gasteiger partial charge in [0.15, 0.2) is 0 Å². The van der Waals surface area contributed by atoms with Gasteiger partial charge >= 0.3 is 0 Å². The van der Waals surface area contributed by atoms with Gasteiger partial charge in [-0.3, -0.25) is 0 Å². The molecule has 2 rings (SSSR count). The van der Waals surface area contributed by atoms with E-state index in [1.165, 1.54) is 0 Å². The van der Waals surface area contributed by atoms with E-state index >= 15 is 0 Å². The molecule has 0 spiro atoms. The van der Waals surface area contributed by atoms with E-state index in [9.17, 15) is 0 Å². The molecule has 0 bridgehead atoms. The van der Waals surface area contributed by atoms with Crippen molar-refractivity contribution in [3.8, 4) is 0 Å². The highest BCUT2D eigenvalue weighted by atomic mass is 35.5. The van der Waals surface area contributed by atoms with Crippen molar-refractivity contribution in [3.63, 3.8) is 0 Å². The number of rotatable bonds is 3. The fraction of sp³-hybridized carbons (Fsp3) is 0.600. The van der Waals surface area contributed by atoms with Crippen molar-refractivity contribution in [1.82, 2.24) is 9.97 Å². The number of aromatic nitrogens is 2. The predicted molar refractivity (Wildman–Crippen MR) is 63.5 cm³/mol. The normalized spacial score (nSPS) is 20.4. The van der Waals surface area contributed by atoms with Gasteiger partial charge in [-0.2, -0.15) is 4.98 Å². The first-order valence-corrected chi connectivity index (χ1v) is 5.72. The molecule has 0 aliphatic carbocycles. The van der Waals surface area contributed by atoms with E-state index in [0.29, 0.717) is 11.1 Å². The molecule has 0 amide bonds. The summed E-state index contributed by atoms with van der Waals surface area (Å²) in [5.41, 5.74) is 5.55. The van der Waals surface area contributed by atoms with Gasteiger partial charge in [-0.25, -0.2) is 4.98 Å². The molecule has 1 aromatic rings. The number of nitrogens with two attached hydrogens (primary N) is 1. The molecule has 5 nitrogen and oxygen atoms in total. The van der Waals surface area contributed by atoms with Crippen LogP contribution in [0.4, 0.5) is 11.8 Å². The molecule has 1 aliphatic heterocycles. The van der Waals surface area contributed by atoms with Crippen molar-refractivity contribution in [2.75, 3.05) is 30.3 Å². The number of aliphatic hydroxyl groups is 1. The molecule has 0 radical (unpaired) electrons. The Morgan fingerprint density at radius 1 is 1.56 bits per heavy atom. The van der Waals surface area contributed by atoms with Crippen LogP contribution >= 0.6 is 11.6 Å². The Morgan fingerprint density at radius 3 is 3.06 bits per heavy atom. The van der Waals surface area contributed by atoms with Crippen molar-refractivity contribution in [1.29, 1.82) is 0 Å². The first-order chi connectivity index (χ1) is 7.69. The Kier molecular flexibility index (Phi) is 3.46. The van der Waals surface area contributed by atoms with E-state index in [1.807, 2.05) is 0 Å². The average molecular weight is 243 g/mol. The first-order valence-electron chi connectivity index (χ1n) is 5.35. The summed E-state index contributed by atoms with van der Waals surface area (Å²) in [4.78, 5) is 10.1.